The first-order chi connectivity index (χ1) is 19.9. The predicted octanol–water partition coefficient (Wildman–Crippen LogP) is 4.40. The SMILES string of the molecule is COc1cc(S(C)(=O)=O)ccc1NCC#Cc1cc2c(NC3CCN(C(=O)CC#N)CC3)cccc2n1CC(F)(F)F. The van der Waals surface area contributed by atoms with Crippen molar-refractivity contribution in [2.24, 2.45) is 0 Å². The third-order valence-electron chi connectivity index (χ3n) is 6.91. The van der Waals surface area contributed by atoms with Gasteiger partial charge in [-0.3, -0.25) is 4.79 Å². The molecule has 4 rings (SSSR count). The van der Waals surface area contributed by atoms with Crippen molar-refractivity contribution in [1.82, 2.24) is 9.47 Å². The number of carbonyl (C=O) groups excluding carboxylic acids is 1. The topological polar surface area (TPSA) is 116 Å². The quantitative estimate of drug-likeness (QED) is 0.368. The van der Waals surface area contributed by atoms with Crippen molar-refractivity contribution in [2.45, 2.75) is 42.9 Å². The first kappa shape index (κ1) is 30.6. The van der Waals surface area contributed by atoms with Gasteiger partial charge in [0.05, 0.1) is 41.5 Å². The number of aromatic nitrogens is 1. The molecule has 42 heavy (non-hydrogen) atoms. The van der Waals surface area contributed by atoms with Gasteiger partial charge in [0.1, 0.15) is 18.7 Å². The van der Waals surface area contributed by atoms with Gasteiger partial charge >= 0.3 is 6.18 Å². The monoisotopic (exact) mass is 601 g/mol. The van der Waals surface area contributed by atoms with E-state index in [1.807, 2.05) is 6.07 Å². The van der Waals surface area contributed by atoms with Gasteiger partial charge in [-0.2, -0.15) is 18.4 Å². The summed E-state index contributed by atoms with van der Waals surface area (Å²) in [5.41, 5.74) is 1.73. The number of piperidine rings is 1. The maximum Gasteiger partial charge on any atom is 0.406 e. The number of nitrogens with one attached hydrogen (secondary N) is 2. The second-order valence-corrected chi connectivity index (χ2v) is 11.9. The van der Waals surface area contributed by atoms with Crippen molar-refractivity contribution in [3.05, 3.63) is 48.2 Å². The Kier molecular flexibility index (Phi) is 9.22. The number of fused-ring (bicyclic) bond motifs is 1. The maximum atomic E-state index is 13.6. The summed E-state index contributed by atoms with van der Waals surface area (Å²) in [6.45, 7) is -0.155. The second kappa shape index (κ2) is 12.7. The number of nitriles is 1. The number of anilines is 2. The molecule has 1 amide bonds. The Morgan fingerprint density at radius 2 is 1.88 bits per heavy atom. The molecule has 9 nitrogen and oxygen atoms in total. The van der Waals surface area contributed by atoms with E-state index < -0.39 is 22.6 Å². The Hall–Kier alpha value is -4.36. The van der Waals surface area contributed by atoms with Crippen molar-refractivity contribution in [2.75, 3.05) is 43.6 Å². The lowest BCUT2D eigenvalue weighted by Crippen LogP contribution is -2.42. The fourth-order valence-electron chi connectivity index (χ4n) is 4.86. The smallest absolute Gasteiger partial charge is 0.406 e. The van der Waals surface area contributed by atoms with Gasteiger partial charge in [-0.05, 0) is 49.1 Å². The van der Waals surface area contributed by atoms with Crippen LogP contribution in [0.5, 0.6) is 5.75 Å². The molecule has 0 atom stereocenters. The molecule has 0 radical (unpaired) electrons. The molecule has 0 aliphatic carbocycles. The van der Waals surface area contributed by atoms with Crippen LogP contribution in [0.15, 0.2) is 47.4 Å². The van der Waals surface area contributed by atoms with Gasteiger partial charge in [-0.25, -0.2) is 8.42 Å². The highest BCUT2D eigenvalue weighted by atomic mass is 32.2. The summed E-state index contributed by atoms with van der Waals surface area (Å²) in [4.78, 5) is 13.7. The second-order valence-electron chi connectivity index (χ2n) is 9.89. The number of carbonyl (C=O) groups is 1. The minimum Gasteiger partial charge on any atom is -0.495 e. The van der Waals surface area contributed by atoms with E-state index >= 15 is 0 Å². The predicted molar refractivity (Wildman–Crippen MR) is 153 cm³/mol. The van der Waals surface area contributed by atoms with Gasteiger partial charge in [-0.15, -0.1) is 0 Å². The van der Waals surface area contributed by atoms with Crippen LogP contribution in [0.25, 0.3) is 10.9 Å². The number of nitrogens with zero attached hydrogens (tertiary/aromatic N) is 3. The van der Waals surface area contributed by atoms with E-state index in [2.05, 4.69) is 22.5 Å². The van der Waals surface area contributed by atoms with Gasteiger partial charge in [0.25, 0.3) is 0 Å². The molecule has 2 aromatic carbocycles. The Morgan fingerprint density at radius 1 is 1.14 bits per heavy atom. The molecule has 0 spiro atoms. The highest BCUT2D eigenvalue weighted by Crippen LogP contribution is 2.32. The molecule has 1 aliphatic rings. The minimum absolute atomic E-state index is 0.00972. The molecule has 222 valence electrons. The zero-order valence-corrected chi connectivity index (χ0v) is 23.9. The average molecular weight is 602 g/mol. The van der Waals surface area contributed by atoms with Crippen LogP contribution in [-0.2, 0) is 21.2 Å². The zero-order chi connectivity index (χ0) is 30.5. The van der Waals surface area contributed by atoms with Crippen molar-refractivity contribution >= 4 is 38.0 Å². The largest absolute Gasteiger partial charge is 0.495 e. The third kappa shape index (κ3) is 7.47. The van der Waals surface area contributed by atoms with Gasteiger partial charge in [0, 0.05) is 42.5 Å². The van der Waals surface area contributed by atoms with Gasteiger partial charge in [0.15, 0.2) is 9.84 Å². The summed E-state index contributed by atoms with van der Waals surface area (Å²) in [5, 5.41) is 15.8. The third-order valence-corrected chi connectivity index (χ3v) is 8.02. The number of amides is 1. The summed E-state index contributed by atoms with van der Waals surface area (Å²) in [5.74, 6) is 5.79. The summed E-state index contributed by atoms with van der Waals surface area (Å²) >= 11 is 0. The maximum absolute atomic E-state index is 13.6. The molecule has 0 unspecified atom stereocenters. The van der Waals surface area contributed by atoms with E-state index in [-0.39, 0.29) is 35.5 Å². The van der Waals surface area contributed by atoms with Crippen LogP contribution in [0.1, 0.15) is 25.0 Å². The lowest BCUT2D eigenvalue weighted by molar-refractivity contribution is -0.140. The molecule has 2 N–H and O–H groups in total. The summed E-state index contributed by atoms with van der Waals surface area (Å²) < 4.78 is 70.7. The van der Waals surface area contributed by atoms with Crippen LogP contribution in [-0.4, -0.2) is 69.0 Å². The first-order valence-corrected chi connectivity index (χ1v) is 15.0. The minimum atomic E-state index is -4.47. The van der Waals surface area contributed by atoms with Crippen LogP contribution in [0.2, 0.25) is 0 Å². The molecule has 1 saturated heterocycles. The summed E-state index contributed by atoms with van der Waals surface area (Å²) in [7, 11) is -2.03. The Morgan fingerprint density at radius 3 is 2.52 bits per heavy atom. The molecular weight excluding hydrogens is 571 g/mol. The molecule has 1 fully saturated rings. The standard InChI is InChI=1S/C29H30F3N5O4S/c1-41-27-18-22(42(2,39)40)8-9-25(27)34-14-4-5-21-17-23-24(6-3-7-26(23)37(21)19-29(30,31)32)35-20-11-15-36(16-12-20)28(38)10-13-33/h3,6-9,17-18,20,34-35H,10-12,14-16,19H2,1-2H3. The molecule has 13 heteroatoms. The number of halogens is 3. The van der Waals surface area contributed by atoms with Crippen molar-refractivity contribution < 1.29 is 31.1 Å². The molecule has 1 aromatic heterocycles. The van der Waals surface area contributed by atoms with E-state index in [9.17, 15) is 26.4 Å². The Bertz CT molecular complexity index is 1680. The molecular formula is C29H30F3N5O4S. The highest BCUT2D eigenvalue weighted by molar-refractivity contribution is 7.90. The summed E-state index contributed by atoms with van der Waals surface area (Å²) in [6.07, 6.45) is -2.26. The lowest BCUT2D eigenvalue weighted by atomic mass is 10.0. The van der Waals surface area contributed by atoms with Crippen LogP contribution in [0, 0.1) is 23.2 Å². The fraction of sp³-hybridized carbons (Fsp3) is 0.379. The number of ether oxygens (including phenoxy) is 1. The number of likely N-dealkylation sites (tertiary alicyclic amines) is 1. The van der Waals surface area contributed by atoms with Crippen molar-refractivity contribution in [1.29, 1.82) is 5.26 Å². The Labute approximate surface area is 242 Å². The average Bonchev–Trinajstić information content (AvgIpc) is 3.27. The van der Waals surface area contributed by atoms with E-state index in [1.165, 1.54) is 19.2 Å². The normalized spacial score (nSPS) is 14.1. The van der Waals surface area contributed by atoms with E-state index in [1.54, 1.807) is 35.2 Å². The van der Waals surface area contributed by atoms with E-state index in [0.717, 1.165) is 10.8 Å². The van der Waals surface area contributed by atoms with Crippen LogP contribution < -0.4 is 15.4 Å². The van der Waals surface area contributed by atoms with Gasteiger partial charge < -0.3 is 24.8 Å². The summed E-state index contributed by atoms with van der Waals surface area (Å²) in [6, 6.07) is 13.0. The number of hydrogen-bond acceptors (Lipinski definition) is 7. The van der Waals surface area contributed by atoms with Gasteiger partial charge in [-0.1, -0.05) is 12.0 Å². The number of alkyl halides is 3. The van der Waals surface area contributed by atoms with Crippen molar-refractivity contribution in [3.8, 4) is 23.7 Å². The van der Waals surface area contributed by atoms with Crippen molar-refractivity contribution in [3.63, 3.8) is 0 Å². The molecule has 2 heterocycles. The number of methoxy groups -OCH3 is 1. The first-order valence-electron chi connectivity index (χ1n) is 13.1. The number of rotatable bonds is 8. The van der Waals surface area contributed by atoms with Crippen LogP contribution >= 0.6 is 0 Å². The van der Waals surface area contributed by atoms with E-state index in [0.29, 0.717) is 54.0 Å². The van der Waals surface area contributed by atoms with Gasteiger partial charge in [0.2, 0.25) is 5.91 Å². The Balaban J connectivity index is 1.55. The molecule has 1 aliphatic heterocycles. The van der Waals surface area contributed by atoms with Crippen LogP contribution in [0.4, 0.5) is 24.5 Å². The zero-order valence-electron chi connectivity index (χ0n) is 23.1. The van der Waals surface area contributed by atoms with E-state index in [4.69, 9.17) is 10.00 Å². The molecule has 3 aromatic rings. The highest BCUT2D eigenvalue weighted by Gasteiger charge is 2.30. The molecule has 0 bridgehead atoms. The fourth-order valence-corrected chi connectivity index (χ4v) is 5.49. The number of benzene rings is 2. The molecule has 0 saturated carbocycles. The lowest BCUT2D eigenvalue weighted by Gasteiger charge is -2.32. The van der Waals surface area contributed by atoms with Crippen LogP contribution in [0.3, 0.4) is 0 Å². The number of hydrogen-bond donors (Lipinski definition) is 2. The number of sulfone groups is 1.